The molecule has 0 aromatic heterocycles. The molecule has 0 aliphatic carbocycles. The molecular weight excluding hydrogens is 242 g/mol. The van der Waals surface area contributed by atoms with Crippen LogP contribution in [0.4, 0.5) is 0 Å². The van der Waals surface area contributed by atoms with Gasteiger partial charge in [0.1, 0.15) is 0 Å². The summed E-state index contributed by atoms with van der Waals surface area (Å²) >= 11 is 0. The van der Waals surface area contributed by atoms with Gasteiger partial charge < -0.3 is 5.32 Å². The van der Waals surface area contributed by atoms with E-state index >= 15 is 0 Å². The maximum atomic E-state index is 3.75. The van der Waals surface area contributed by atoms with E-state index in [4.69, 9.17) is 0 Å². The van der Waals surface area contributed by atoms with Crippen LogP contribution in [0, 0.1) is 13.8 Å². The van der Waals surface area contributed by atoms with Gasteiger partial charge in [-0.25, -0.2) is 0 Å². The van der Waals surface area contributed by atoms with Gasteiger partial charge in [-0.15, -0.1) is 0 Å². The zero-order valence-corrected chi connectivity index (χ0v) is 14.0. The number of rotatable bonds is 10. The van der Waals surface area contributed by atoms with Crippen molar-refractivity contribution >= 4 is 0 Å². The van der Waals surface area contributed by atoms with Crippen molar-refractivity contribution in [2.24, 2.45) is 0 Å². The number of benzene rings is 1. The third-order valence-corrected chi connectivity index (χ3v) is 4.18. The summed E-state index contributed by atoms with van der Waals surface area (Å²) in [4.78, 5) is 0. The predicted molar refractivity (Wildman–Crippen MR) is 90.5 cm³/mol. The van der Waals surface area contributed by atoms with Gasteiger partial charge in [-0.3, -0.25) is 0 Å². The maximum absolute atomic E-state index is 3.75. The average Bonchev–Trinajstić information content (AvgIpc) is 2.44. The molecular formula is C19H33N. The molecule has 0 bridgehead atoms. The smallest absolute Gasteiger partial charge is 0.0108 e. The number of unbranched alkanes of at least 4 members (excludes halogenated alkanes) is 3. The minimum atomic E-state index is 0.645. The van der Waals surface area contributed by atoms with E-state index in [0.29, 0.717) is 6.04 Å². The van der Waals surface area contributed by atoms with Crippen LogP contribution < -0.4 is 5.32 Å². The molecule has 0 saturated carbocycles. The topological polar surface area (TPSA) is 12.0 Å². The van der Waals surface area contributed by atoms with Gasteiger partial charge in [-0.05, 0) is 56.3 Å². The first kappa shape index (κ1) is 17.2. The van der Waals surface area contributed by atoms with E-state index < -0.39 is 0 Å². The number of hydrogen-bond donors (Lipinski definition) is 1. The number of nitrogens with one attached hydrogen (secondary N) is 1. The summed E-state index contributed by atoms with van der Waals surface area (Å²) in [6.07, 6.45) is 9.16. The molecule has 1 unspecified atom stereocenters. The van der Waals surface area contributed by atoms with E-state index in [0.717, 1.165) is 6.54 Å². The van der Waals surface area contributed by atoms with Gasteiger partial charge in [-0.2, -0.15) is 0 Å². The van der Waals surface area contributed by atoms with Crippen molar-refractivity contribution in [2.75, 3.05) is 6.54 Å². The number of hydrogen-bond acceptors (Lipinski definition) is 1. The highest BCUT2D eigenvalue weighted by Crippen LogP contribution is 2.18. The zero-order chi connectivity index (χ0) is 14.8. The van der Waals surface area contributed by atoms with E-state index in [1.54, 1.807) is 5.56 Å². The van der Waals surface area contributed by atoms with Crippen molar-refractivity contribution in [3.63, 3.8) is 0 Å². The minimum absolute atomic E-state index is 0.645. The average molecular weight is 275 g/mol. The van der Waals surface area contributed by atoms with Crippen molar-refractivity contribution < 1.29 is 0 Å². The van der Waals surface area contributed by atoms with Gasteiger partial charge in [0, 0.05) is 6.04 Å². The molecule has 1 heteroatoms. The standard InChI is InChI=1S/C19H33N/c1-5-7-8-9-13-18(20-14-6-2)15-19-16(3)11-10-12-17(19)4/h10-12,18,20H,5-9,13-15H2,1-4H3. The summed E-state index contributed by atoms with van der Waals surface area (Å²) < 4.78 is 0. The SMILES string of the molecule is CCCCCCC(Cc1c(C)cccc1C)NCCC. The molecule has 0 radical (unpaired) electrons. The Balaban J connectivity index is 2.58. The molecule has 114 valence electrons. The molecule has 1 aromatic rings. The van der Waals surface area contributed by atoms with Crippen LogP contribution in [-0.4, -0.2) is 12.6 Å². The van der Waals surface area contributed by atoms with Crippen LogP contribution in [-0.2, 0) is 6.42 Å². The Bertz CT molecular complexity index is 350. The molecule has 0 heterocycles. The molecule has 20 heavy (non-hydrogen) atoms. The van der Waals surface area contributed by atoms with E-state index in [1.165, 1.54) is 56.1 Å². The fourth-order valence-electron chi connectivity index (χ4n) is 2.86. The molecule has 1 N–H and O–H groups in total. The molecule has 0 spiro atoms. The van der Waals surface area contributed by atoms with E-state index in [1.807, 2.05) is 0 Å². The summed E-state index contributed by atoms with van der Waals surface area (Å²) in [6, 6.07) is 7.31. The van der Waals surface area contributed by atoms with Gasteiger partial charge in [0.05, 0.1) is 0 Å². The second-order valence-corrected chi connectivity index (χ2v) is 6.07. The lowest BCUT2D eigenvalue weighted by Crippen LogP contribution is -2.32. The van der Waals surface area contributed by atoms with Gasteiger partial charge in [0.25, 0.3) is 0 Å². The third kappa shape index (κ3) is 6.09. The highest BCUT2D eigenvalue weighted by atomic mass is 14.9. The Hall–Kier alpha value is -0.820. The monoisotopic (exact) mass is 275 g/mol. The van der Waals surface area contributed by atoms with Crippen LogP contribution in [0.25, 0.3) is 0 Å². The van der Waals surface area contributed by atoms with Crippen LogP contribution >= 0.6 is 0 Å². The molecule has 0 aliphatic rings. The summed E-state index contributed by atoms with van der Waals surface area (Å²) in [5.74, 6) is 0. The zero-order valence-electron chi connectivity index (χ0n) is 14.0. The quantitative estimate of drug-likeness (QED) is 0.580. The Kier molecular flexibility index (Phi) is 8.60. The van der Waals surface area contributed by atoms with Crippen molar-refractivity contribution in [1.82, 2.24) is 5.32 Å². The second-order valence-electron chi connectivity index (χ2n) is 6.07. The first-order valence-corrected chi connectivity index (χ1v) is 8.47. The lowest BCUT2D eigenvalue weighted by atomic mass is 9.93. The van der Waals surface area contributed by atoms with E-state index in [-0.39, 0.29) is 0 Å². The molecule has 1 atom stereocenters. The van der Waals surface area contributed by atoms with Crippen LogP contribution in [0.3, 0.4) is 0 Å². The van der Waals surface area contributed by atoms with Crippen molar-refractivity contribution in [2.45, 2.75) is 78.7 Å². The lowest BCUT2D eigenvalue weighted by molar-refractivity contribution is 0.452. The summed E-state index contributed by atoms with van der Waals surface area (Å²) in [6.45, 7) is 10.2. The van der Waals surface area contributed by atoms with Gasteiger partial charge in [-0.1, -0.05) is 57.7 Å². The lowest BCUT2D eigenvalue weighted by Gasteiger charge is -2.21. The maximum Gasteiger partial charge on any atom is 0.0108 e. The molecule has 0 amide bonds. The molecule has 1 nitrogen and oxygen atoms in total. The highest BCUT2D eigenvalue weighted by Gasteiger charge is 2.11. The molecule has 0 aliphatic heterocycles. The normalized spacial score (nSPS) is 12.6. The fourth-order valence-corrected chi connectivity index (χ4v) is 2.86. The first-order chi connectivity index (χ1) is 9.69. The summed E-state index contributed by atoms with van der Waals surface area (Å²) in [7, 11) is 0. The molecule has 1 rings (SSSR count). The van der Waals surface area contributed by atoms with Gasteiger partial charge >= 0.3 is 0 Å². The van der Waals surface area contributed by atoms with E-state index in [9.17, 15) is 0 Å². The molecule has 0 fully saturated rings. The largest absolute Gasteiger partial charge is 0.314 e. The summed E-state index contributed by atoms with van der Waals surface area (Å²) in [5.41, 5.74) is 4.44. The minimum Gasteiger partial charge on any atom is -0.314 e. The van der Waals surface area contributed by atoms with Gasteiger partial charge in [0.2, 0.25) is 0 Å². The van der Waals surface area contributed by atoms with Crippen molar-refractivity contribution in [3.05, 3.63) is 34.9 Å². The van der Waals surface area contributed by atoms with Crippen LogP contribution in [0.1, 0.15) is 69.1 Å². The Morgan fingerprint density at radius 2 is 1.65 bits per heavy atom. The molecule has 0 saturated heterocycles. The highest BCUT2D eigenvalue weighted by molar-refractivity contribution is 5.34. The molecule has 1 aromatic carbocycles. The second kappa shape index (κ2) is 9.99. The van der Waals surface area contributed by atoms with Gasteiger partial charge in [0.15, 0.2) is 0 Å². The van der Waals surface area contributed by atoms with Crippen LogP contribution in [0.5, 0.6) is 0 Å². The Morgan fingerprint density at radius 1 is 0.950 bits per heavy atom. The van der Waals surface area contributed by atoms with E-state index in [2.05, 4.69) is 51.2 Å². The number of aryl methyl sites for hydroxylation is 2. The third-order valence-electron chi connectivity index (χ3n) is 4.18. The first-order valence-electron chi connectivity index (χ1n) is 8.47. The Morgan fingerprint density at radius 3 is 2.25 bits per heavy atom. The predicted octanol–water partition coefficient (Wildman–Crippen LogP) is 5.18. The Labute approximate surface area is 126 Å². The van der Waals surface area contributed by atoms with Crippen molar-refractivity contribution in [3.8, 4) is 0 Å². The fraction of sp³-hybridized carbons (Fsp3) is 0.684. The summed E-state index contributed by atoms with van der Waals surface area (Å²) in [5, 5.41) is 3.75. The van der Waals surface area contributed by atoms with Crippen LogP contribution in [0.2, 0.25) is 0 Å². The van der Waals surface area contributed by atoms with Crippen LogP contribution in [0.15, 0.2) is 18.2 Å². The van der Waals surface area contributed by atoms with Crippen molar-refractivity contribution in [1.29, 1.82) is 0 Å².